The Morgan fingerprint density at radius 3 is 2.55 bits per heavy atom. The van der Waals surface area contributed by atoms with Crippen LogP contribution in [0.15, 0.2) is 66.4 Å². The molecule has 1 amide bonds. The Morgan fingerprint density at radius 2 is 1.84 bits per heavy atom. The van der Waals surface area contributed by atoms with Gasteiger partial charge in [0.1, 0.15) is 17.1 Å². The molecule has 2 aromatic carbocycles. The minimum Gasteiger partial charge on any atom is -0.505 e. The monoisotopic (exact) mass is 544 g/mol. The number of nitrogens with zero attached hydrogens (tertiary/aromatic N) is 4. The van der Waals surface area contributed by atoms with Crippen molar-refractivity contribution in [1.29, 1.82) is 0 Å². The van der Waals surface area contributed by atoms with E-state index in [0.29, 0.717) is 38.3 Å². The number of pyridine rings is 1. The zero-order valence-corrected chi connectivity index (χ0v) is 22.2. The SMILES string of the molecule is COc1ccc(C2/C(=C(\O)c3nc4c(C)cccn4c3C)C(=O)C(=O)N2c2nc3ccc(Cl)cc3s2)cc1. The molecule has 1 saturated heterocycles. The smallest absolute Gasteiger partial charge is 0.301 e. The van der Waals surface area contributed by atoms with Gasteiger partial charge in [-0.15, -0.1) is 0 Å². The normalized spacial score (nSPS) is 17.2. The maximum atomic E-state index is 13.6. The van der Waals surface area contributed by atoms with Crippen LogP contribution in [0.1, 0.15) is 28.6 Å². The van der Waals surface area contributed by atoms with Gasteiger partial charge >= 0.3 is 5.91 Å². The quantitative estimate of drug-likeness (QED) is 0.173. The fourth-order valence-electron chi connectivity index (χ4n) is 4.79. The van der Waals surface area contributed by atoms with Crippen LogP contribution in [0.4, 0.5) is 5.13 Å². The first-order valence-corrected chi connectivity index (χ1v) is 12.9. The van der Waals surface area contributed by atoms with Gasteiger partial charge < -0.3 is 14.2 Å². The van der Waals surface area contributed by atoms with Gasteiger partial charge in [0, 0.05) is 11.2 Å². The van der Waals surface area contributed by atoms with Crippen molar-refractivity contribution in [2.45, 2.75) is 19.9 Å². The van der Waals surface area contributed by atoms with Crippen molar-refractivity contribution in [3.05, 3.63) is 93.9 Å². The molecule has 4 heterocycles. The summed E-state index contributed by atoms with van der Waals surface area (Å²) < 4.78 is 7.92. The zero-order valence-electron chi connectivity index (χ0n) is 20.6. The third-order valence-electron chi connectivity index (χ3n) is 6.73. The molecular formula is C28H21ClN4O4S. The van der Waals surface area contributed by atoms with Gasteiger partial charge in [-0.3, -0.25) is 14.5 Å². The van der Waals surface area contributed by atoms with Gasteiger partial charge in [-0.1, -0.05) is 41.1 Å². The number of anilines is 1. The first-order valence-electron chi connectivity index (χ1n) is 11.7. The Balaban J connectivity index is 1.59. The summed E-state index contributed by atoms with van der Waals surface area (Å²) in [5.41, 5.74) is 3.67. The van der Waals surface area contributed by atoms with Crippen LogP contribution in [0.3, 0.4) is 0 Å². The number of aliphatic hydroxyl groups is 1. The molecular weight excluding hydrogens is 524 g/mol. The van der Waals surface area contributed by atoms with E-state index < -0.39 is 17.7 Å². The predicted molar refractivity (Wildman–Crippen MR) is 147 cm³/mol. The molecule has 10 heteroatoms. The van der Waals surface area contributed by atoms with Crippen LogP contribution < -0.4 is 9.64 Å². The summed E-state index contributed by atoms with van der Waals surface area (Å²) in [7, 11) is 1.56. The number of benzene rings is 2. The molecule has 1 aliphatic rings. The fourth-order valence-corrected chi connectivity index (χ4v) is 6.06. The highest BCUT2D eigenvalue weighted by Crippen LogP contribution is 2.45. The molecule has 5 aromatic rings. The molecule has 0 radical (unpaired) electrons. The maximum Gasteiger partial charge on any atom is 0.301 e. The number of aliphatic hydroxyl groups excluding tert-OH is 1. The first-order chi connectivity index (χ1) is 18.3. The third-order valence-corrected chi connectivity index (χ3v) is 7.98. The summed E-state index contributed by atoms with van der Waals surface area (Å²) in [5.74, 6) is -1.31. The summed E-state index contributed by atoms with van der Waals surface area (Å²) in [6.45, 7) is 3.73. The second kappa shape index (κ2) is 8.97. The standard InChI is InChI=1S/C28H21ClN4O4S/c1-14-5-4-12-32-15(2)22(31-26(14)32)24(34)21-23(16-6-9-18(37-3)10-7-16)33(27(36)25(21)35)28-30-19-11-8-17(29)13-20(19)38-28/h4-13,23,34H,1-3H3/b24-21+. The highest BCUT2D eigenvalue weighted by molar-refractivity contribution is 7.22. The Morgan fingerprint density at radius 1 is 1.08 bits per heavy atom. The van der Waals surface area contributed by atoms with Crippen LogP contribution >= 0.6 is 22.9 Å². The van der Waals surface area contributed by atoms with E-state index in [9.17, 15) is 14.7 Å². The lowest BCUT2D eigenvalue weighted by molar-refractivity contribution is -0.132. The minimum atomic E-state index is -0.928. The Kier molecular flexibility index (Phi) is 5.70. The van der Waals surface area contributed by atoms with E-state index >= 15 is 0 Å². The van der Waals surface area contributed by atoms with Crippen LogP contribution in [0.2, 0.25) is 5.02 Å². The first kappa shape index (κ1) is 24.1. The van der Waals surface area contributed by atoms with Gasteiger partial charge in [0.05, 0.1) is 34.6 Å². The number of aryl methyl sites for hydroxylation is 2. The fraction of sp³-hybridized carbons (Fsp3) is 0.143. The van der Waals surface area contributed by atoms with Crippen molar-refractivity contribution >= 4 is 61.4 Å². The minimum absolute atomic E-state index is 0.0541. The number of Topliss-reactive ketones (excluding diaryl/α,β-unsaturated/α-hetero) is 1. The van der Waals surface area contributed by atoms with E-state index in [1.54, 1.807) is 49.6 Å². The van der Waals surface area contributed by atoms with E-state index in [-0.39, 0.29) is 17.0 Å². The lowest BCUT2D eigenvalue weighted by Gasteiger charge is -2.23. The van der Waals surface area contributed by atoms with Crippen LogP contribution in [-0.4, -0.2) is 38.3 Å². The average Bonchev–Trinajstić information content (AvgIpc) is 3.56. The molecule has 1 atom stereocenters. The van der Waals surface area contributed by atoms with E-state index in [0.717, 1.165) is 10.3 Å². The Hall–Kier alpha value is -4.21. The highest BCUT2D eigenvalue weighted by atomic mass is 35.5. The second-order valence-corrected chi connectivity index (χ2v) is 10.4. The van der Waals surface area contributed by atoms with Crippen LogP contribution in [-0.2, 0) is 9.59 Å². The van der Waals surface area contributed by atoms with Crippen molar-refractivity contribution < 1.29 is 19.4 Å². The van der Waals surface area contributed by atoms with Gasteiger partial charge in [0.25, 0.3) is 5.78 Å². The number of methoxy groups -OCH3 is 1. The van der Waals surface area contributed by atoms with Gasteiger partial charge in [0.15, 0.2) is 10.9 Å². The van der Waals surface area contributed by atoms with Crippen molar-refractivity contribution in [3.63, 3.8) is 0 Å². The molecule has 3 aromatic heterocycles. The molecule has 0 aliphatic carbocycles. The topological polar surface area (TPSA) is 97.0 Å². The number of ether oxygens (including phenoxy) is 1. The van der Waals surface area contributed by atoms with E-state index in [2.05, 4.69) is 9.97 Å². The molecule has 8 nitrogen and oxygen atoms in total. The molecule has 0 saturated carbocycles. The van der Waals surface area contributed by atoms with E-state index in [4.69, 9.17) is 16.3 Å². The van der Waals surface area contributed by atoms with Gasteiger partial charge in [-0.05, 0) is 61.4 Å². The van der Waals surface area contributed by atoms with Gasteiger partial charge in [0.2, 0.25) is 0 Å². The lowest BCUT2D eigenvalue weighted by Crippen LogP contribution is -2.29. The second-order valence-electron chi connectivity index (χ2n) is 8.98. The van der Waals surface area contributed by atoms with Crippen molar-refractivity contribution in [1.82, 2.24) is 14.4 Å². The molecule has 0 bridgehead atoms. The number of amides is 1. The molecule has 1 aliphatic heterocycles. The number of aromatic nitrogens is 3. The van der Waals surface area contributed by atoms with Crippen molar-refractivity contribution in [2.24, 2.45) is 0 Å². The van der Waals surface area contributed by atoms with Crippen LogP contribution in [0.5, 0.6) is 5.75 Å². The maximum absolute atomic E-state index is 13.6. The molecule has 6 rings (SSSR count). The number of thiazole rings is 1. The number of imidazole rings is 1. The Bertz CT molecular complexity index is 1810. The summed E-state index contributed by atoms with van der Waals surface area (Å²) in [5, 5.41) is 12.5. The number of carbonyl (C=O) groups excluding carboxylic acids is 2. The Labute approximate surface area is 226 Å². The molecule has 0 spiro atoms. The molecule has 1 fully saturated rings. The van der Waals surface area contributed by atoms with Gasteiger partial charge in [-0.25, -0.2) is 9.97 Å². The predicted octanol–water partition coefficient (Wildman–Crippen LogP) is 5.85. The zero-order chi connectivity index (χ0) is 26.7. The number of hydrogen-bond donors (Lipinski definition) is 1. The van der Waals surface area contributed by atoms with E-state index in [1.807, 2.05) is 36.6 Å². The number of hydrogen-bond acceptors (Lipinski definition) is 7. The number of carbonyl (C=O) groups is 2. The highest BCUT2D eigenvalue weighted by Gasteiger charge is 2.48. The summed E-state index contributed by atoms with van der Waals surface area (Å²) >= 11 is 7.42. The number of fused-ring (bicyclic) bond motifs is 2. The molecule has 1 unspecified atom stereocenters. The summed E-state index contributed by atoms with van der Waals surface area (Å²) in [6.07, 6.45) is 1.84. The molecule has 1 N–H and O–H groups in total. The largest absolute Gasteiger partial charge is 0.505 e. The van der Waals surface area contributed by atoms with Crippen LogP contribution in [0, 0.1) is 13.8 Å². The average molecular weight is 545 g/mol. The van der Waals surface area contributed by atoms with Gasteiger partial charge in [-0.2, -0.15) is 0 Å². The van der Waals surface area contributed by atoms with Crippen molar-refractivity contribution in [2.75, 3.05) is 12.0 Å². The number of ketones is 1. The summed E-state index contributed by atoms with van der Waals surface area (Å²) in [4.78, 5) is 37.7. The number of rotatable bonds is 4. The van der Waals surface area contributed by atoms with E-state index in [1.165, 1.54) is 16.2 Å². The van der Waals surface area contributed by atoms with Crippen LogP contribution in [0.25, 0.3) is 21.6 Å². The molecule has 38 heavy (non-hydrogen) atoms. The summed E-state index contributed by atoms with van der Waals surface area (Å²) in [6, 6.07) is 15.1. The van der Waals surface area contributed by atoms with Crippen molar-refractivity contribution in [3.8, 4) is 5.75 Å². The number of halogens is 1. The lowest BCUT2D eigenvalue weighted by atomic mass is 9.96. The molecule has 190 valence electrons. The third kappa shape index (κ3) is 3.66.